The molecule has 0 saturated carbocycles. The van der Waals surface area contributed by atoms with Gasteiger partial charge in [0.25, 0.3) is 0 Å². The van der Waals surface area contributed by atoms with Crippen molar-refractivity contribution in [3.05, 3.63) is 293 Å². The van der Waals surface area contributed by atoms with Crippen LogP contribution in [0, 0.1) is 0 Å². The van der Waals surface area contributed by atoms with Crippen molar-refractivity contribution in [3.63, 3.8) is 0 Å². The van der Waals surface area contributed by atoms with Gasteiger partial charge in [-0.25, -0.2) is 4.98 Å². The fourth-order valence-electron chi connectivity index (χ4n) is 12.9. The maximum atomic E-state index is 5.24. The number of rotatable bonds is 4. The van der Waals surface area contributed by atoms with E-state index in [2.05, 4.69) is 249 Å². The highest BCUT2D eigenvalue weighted by Gasteiger charge is 2.59. The Hall–Kier alpha value is -8.43. The average Bonchev–Trinajstić information content (AvgIpc) is 4.06. The van der Waals surface area contributed by atoms with Crippen molar-refractivity contribution in [3.8, 4) is 67.0 Å². The fraction of sp³-hybridized carbons (Fsp3) is 0.0299. The van der Waals surface area contributed by atoms with Crippen molar-refractivity contribution in [2.75, 3.05) is 0 Å². The maximum Gasteiger partial charge on any atom is 0.0720 e. The van der Waals surface area contributed by atoms with E-state index in [0.717, 1.165) is 33.6 Å². The number of benzene rings is 10. The molecule has 3 aliphatic rings. The molecule has 0 amide bonds. The molecule has 2 heterocycles. The SMILES string of the molecule is c1ccc(-c2cc(-c3cccc(-c4cccc5c4-c4c(ccc6c4sc4ccccc46)C54c5ccccc5C5(c6ccccc6-c6ccccc65)c5ccccc54)c3)cc(-c3ccccc3)n2)cc1. The number of nitrogens with zero attached hydrogens (tertiary/aromatic N) is 1. The van der Waals surface area contributed by atoms with Crippen LogP contribution in [0.15, 0.2) is 249 Å². The zero-order valence-corrected chi connectivity index (χ0v) is 38.3. The molecular formula is C67H41NS. The largest absolute Gasteiger partial charge is 0.248 e. The number of thiophene rings is 1. The molecule has 12 aromatic rings. The lowest BCUT2D eigenvalue weighted by atomic mass is 9.52. The minimum Gasteiger partial charge on any atom is -0.248 e. The molecule has 0 aliphatic heterocycles. The lowest BCUT2D eigenvalue weighted by molar-refractivity contribution is 0.633. The number of pyridine rings is 1. The second-order valence-corrected chi connectivity index (χ2v) is 19.9. The summed E-state index contributed by atoms with van der Waals surface area (Å²) >= 11 is 1.94. The molecule has 0 radical (unpaired) electrons. The summed E-state index contributed by atoms with van der Waals surface area (Å²) in [4.78, 5) is 5.24. The first kappa shape index (κ1) is 38.7. The summed E-state index contributed by atoms with van der Waals surface area (Å²) in [6, 6.07) is 93.1. The van der Waals surface area contributed by atoms with Crippen LogP contribution in [0.1, 0.15) is 44.5 Å². The second kappa shape index (κ2) is 14.5. The van der Waals surface area contributed by atoms with Gasteiger partial charge in [-0.1, -0.05) is 224 Å². The number of hydrogen-bond donors (Lipinski definition) is 0. The Bertz CT molecular complexity index is 3930. The molecule has 0 bridgehead atoms. The zero-order chi connectivity index (χ0) is 45.3. The highest BCUT2D eigenvalue weighted by molar-refractivity contribution is 7.26. The molecule has 0 fully saturated rings. The predicted octanol–water partition coefficient (Wildman–Crippen LogP) is 17.2. The Morgan fingerprint density at radius 1 is 0.275 bits per heavy atom. The maximum absolute atomic E-state index is 5.24. The van der Waals surface area contributed by atoms with Gasteiger partial charge in [0, 0.05) is 36.9 Å². The standard InChI is InChI=1S/C67H41NS/c1-3-19-42(20-4-1)60-40-46(41-61(68-60)43-21-5-2-6-22-43)44-23-17-24-45(39-44)47-28-18-35-58-63(47)64-59(38-37-51-50-27-9-16-36-62(50)69-65(51)64)67(58)56-33-14-12-31-54(56)66(55-32-13-15-34-57(55)67)52-29-10-7-25-48(52)49-26-8-11-30-53(49)66/h1-41H. The number of fused-ring (bicyclic) bond motifs is 20. The molecule has 0 N–H and O–H groups in total. The van der Waals surface area contributed by atoms with Crippen LogP contribution >= 0.6 is 11.3 Å². The molecule has 320 valence electrons. The van der Waals surface area contributed by atoms with Gasteiger partial charge in [-0.2, -0.15) is 0 Å². The van der Waals surface area contributed by atoms with E-state index in [1.165, 1.54) is 98.1 Å². The molecule has 10 aromatic carbocycles. The lowest BCUT2D eigenvalue weighted by Crippen LogP contribution is -2.43. The third kappa shape index (κ3) is 5.16. The molecule has 0 unspecified atom stereocenters. The second-order valence-electron chi connectivity index (χ2n) is 18.8. The van der Waals surface area contributed by atoms with E-state index in [-0.39, 0.29) is 0 Å². The number of aromatic nitrogens is 1. The van der Waals surface area contributed by atoms with Crippen LogP contribution in [0.2, 0.25) is 0 Å². The van der Waals surface area contributed by atoms with Gasteiger partial charge in [-0.3, -0.25) is 0 Å². The normalized spacial score (nSPS) is 14.0. The van der Waals surface area contributed by atoms with Crippen molar-refractivity contribution in [1.29, 1.82) is 0 Å². The van der Waals surface area contributed by atoms with Gasteiger partial charge in [-0.05, 0) is 108 Å². The first-order valence-corrected chi connectivity index (χ1v) is 24.8. The lowest BCUT2D eigenvalue weighted by Gasteiger charge is -2.48. The van der Waals surface area contributed by atoms with Crippen molar-refractivity contribution >= 4 is 31.5 Å². The van der Waals surface area contributed by atoms with Crippen LogP contribution in [-0.4, -0.2) is 4.98 Å². The molecule has 0 saturated heterocycles. The highest BCUT2D eigenvalue weighted by atomic mass is 32.1. The Morgan fingerprint density at radius 2 is 0.725 bits per heavy atom. The van der Waals surface area contributed by atoms with Crippen molar-refractivity contribution in [2.45, 2.75) is 10.8 Å². The molecule has 2 heteroatoms. The van der Waals surface area contributed by atoms with Gasteiger partial charge in [0.15, 0.2) is 0 Å². The van der Waals surface area contributed by atoms with Crippen molar-refractivity contribution in [1.82, 2.24) is 4.98 Å². The molecule has 3 aliphatic carbocycles. The molecule has 0 atom stereocenters. The number of hydrogen-bond acceptors (Lipinski definition) is 2. The van der Waals surface area contributed by atoms with E-state index in [0.29, 0.717) is 0 Å². The molecule has 1 nitrogen and oxygen atoms in total. The summed E-state index contributed by atoms with van der Waals surface area (Å²) in [5.41, 5.74) is 23.8. The van der Waals surface area contributed by atoms with E-state index >= 15 is 0 Å². The monoisotopic (exact) mass is 891 g/mol. The minimum absolute atomic E-state index is 0.496. The van der Waals surface area contributed by atoms with E-state index in [1.54, 1.807) is 0 Å². The van der Waals surface area contributed by atoms with Crippen LogP contribution in [0.3, 0.4) is 0 Å². The summed E-state index contributed by atoms with van der Waals surface area (Å²) in [5, 5.41) is 2.62. The topological polar surface area (TPSA) is 12.9 Å². The van der Waals surface area contributed by atoms with Crippen molar-refractivity contribution in [2.24, 2.45) is 0 Å². The van der Waals surface area contributed by atoms with Crippen LogP contribution in [0.5, 0.6) is 0 Å². The van der Waals surface area contributed by atoms with Crippen LogP contribution in [0.4, 0.5) is 0 Å². The van der Waals surface area contributed by atoms with E-state index in [9.17, 15) is 0 Å². The molecular weight excluding hydrogens is 851 g/mol. The quantitative estimate of drug-likeness (QED) is 0.172. The Balaban J connectivity index is 1.03. The summed E-state index contributed by atoms with van der Waals surface area (Å²) < 4.78 is 2.66. The predicted molar refractivity (Wildman–Crippen MR) is 287 cm³/mol. The van der Waals surface area contributed by atoms with Gasteiger partial charge in [0.2, 0.25) is 0 Å². The third-order valence-corrected chi connectivity index (χ3v) is 16.8. The minimum atomic E-state index is -0.603. The third-order valence-electron chi connectivity index (χ3n) is 15.6. The van der Waals surface area contributed by atoms with Crippen molar-refractivity contribution < 1.29 is 0 Å². The van der Waals surface area contributed by atoms with Gasteiger partial charge in [0.05, 0.1) is 22.2 Å². The van der Waals surface area contributed by atoms with E-state index < -0.39 is 10.8 Å². The van der Waals surface area contributed by atoms with Crippen LogP contribution in [0.25, 0.3) is 87.2 Å². The zero-order valence-electron chi connectivity index (χ0n) is 37.5. The molecule has 2 aromatic heterocycles. The fourth-order valence-corrected chi connectivity index (χ4v) is 14.2. The van der Waals surface area contributed by atoms with Gasteiger partial charge in [-0.15, -0.1) is 11.3 Å². The molecule has 69 heavy (non-hydrogen) atoms. The highest BCUT2D eigenvalue weighted by Crippen LogP contribution is 2.69. The summed E-state index contributed by atoms with van der Waals surface area (Å²) in [7, 11) is 0. The first-order valence-electron chi connectivity index (χ1n) is 23.9. The van der Waals surface area contributed by atoms with Crippen LogP contribution < -0.4 is 0 Å². The molecule has 15 rings (SSSR count). The average molecular weight is 892 g/mol. The summed E-state index contributed by atoms with van der Waals surface area (Å²) in [6.45, 7) is 0. The summed E-state index contributed by atoms with van der Waals surface area (Å²) in [5.74, 6) is 0. The Kier molecular flexibility index (Phi) is 8.14. The van der Waals surface area contributed by atoms with E-state index in [4.69, 9.17) is 4.98 Å². The Morgan fingerprint density at radius 3 is 1.35 bits per heavy atom. The smallest absolute Gasteiger partial charge is 0.0720 e. The van der Waals surface area contributed by atoms with E-state index in [1.807, 2.05) is 11.3 Å². The summed E-state index contributed by atoms with van der Waals surface area (Å²) in [6.07, 6.45) is 0. The molecule has 2 spiro atoms. The van der Waals surface area contributed by atoms with Gasteiger partial charge >= 0.3 is 0 Å². The Labute approximate surface area is 405 Å². The first-order chi connectivity index (χ1) is 34.2. The van der Waals surface area contributed by atoms with Gasteiger partial charge in [0.1, 0.15) is 0 Å². The van der Waals surface area contributed by atoms with Gasteiger partial charge < -0.3 is 0 Å². The van der Waals surface area contributed by atoms with Crippen LogP contribution in [-0.2, 0) is 10.8 Å².